The van der Waals surface area contributed by atoms with Crippen LogP contribution in [0.5, 0.6) is 5.75 Å². The van der Waals surface area contributed by atoms with Crippen LogP contribution >= 0.6 is 11.6 Å². The van der Waals surface area contributed by atoms with Gasteiger partial charge in [0.2, 0.25) is 0 Å². The van der Waals surface area contributed by atoms with Gasteiger partial charge in [0.15, 0.2) is 0 Å². The van der Waals surface area contributed by atoms with E-state index >= 15 is 0 Å². The van der Waals surface area contributed by atoms with Crippen molar-refractivity contribution < 1.29 is 18.3 Å². The molecule has 0 amide bonds. The SMILES string of the molecule is N/C=C(\C=NCC=O)c1cnc(Cl)cc1OC(F)F. The molecule has 5 nitrogen and oxygen atoms in total. The van der Waals surface area contributed by atoms with E-state index < -0.39 is 6.61 Å². The largest absolute Gasteiger partial charge is 0.434 e. The first-order valence-corrected chi connectivity index (χ1v) is 5.42. The van der Waals surface area contributed by atoms with Crippen molar-refractivity contribution in [2.45, 2.75) is 6.61 Å². The summed E-state index contributed by atoms with van der Waals surface area (Å²) in [6.07, 6.45) is 4.21. The Morgan fingerprint density at radius 2 is 2.37 bits per heavy atom. The molecule has 0 aliphatic heterocycles. The number of ether oxygens (including phenoxy) is 1. The molecular weight excluding hydrogens is 280 g/mol. The molecule has 0 aromatic carbocycles. The van der Waals surface area contributed by atoms with E-state index in [0.717, 1.165) is 12.3 Å². The molecule has 1 heterocycles. The minimum Gasteiger partial charge on any atom is -0.434 e. The van der Waals surface area contributed by atoms with Crippen LogP contribution in [0.2, 0.25) is 5.15 Å². The molecule has 2 N–H and O–H groups in total. The highest BCUT2D eigenvalue weighted by molar-refractivity contribution is 6.29. The van der Waals surface area contributed by atoms with Gasteiger partial charge in [0.1, 0.15) is 17.2 Å². The summed E-state index contributed by atoms with van der Waals surface area (Å²) >= 11 is 5.61. The van der Waals surface area contributed by atoms with Gasteiger partial charge < -0.3 is 15.3 Å². The molecule has 0 aliphatic carbocycles. The summed E-state index contributed by atoms with van der Waals surface area (Å²) in [5.74, 6) is -0.177. The monoisotopic (exact) mass is 289 g/mol. The van der Waals surface area contributed by atoms with Crippen LogP contribution in [-0.4, -0.2) is 30.6 Å². The molecular formula is C11H10ClF2N3O2. The third-order valence-corrected chi connectivity index (χ3v) is 2.16. The number of carbonyl (C=O) groups excluding carboxylic acids is 1. The standard InChI is InChI=1S/C11H10ClF2N3O2/c12-10-3-9(19-11(13)14)8(6-17-10)7(4-15)5-16-1-2-18/h2-6,11H,1,15H2/b7-4+,16-5?. The first-order valence-electron chi connectivity index (χ1n) is 5.04. The number of nitrogens with two attached hydrogens (primary N) is 1. The van der Waals surface area contributed by atoms with E-state index in [1.807, 2.05) is 0 Å². The lowest BCUT2D eigenvalue weighted by atomic mass is 10.1. The maximum Gasteiger partial charge on any atom is 0.387 e. The normalized spacial score (nSPS) is 12.1. The van der Waals surface area contributed by atoms with Gasteiger partial charge in [0.05, 0.1) is 6.54 Å². The summed E-state index contributed by atoms with van der Waals surface area (Å²) in [6.45, 7) is -3.08. The van der Waals surface area contributed by atoms with Crippen molar-refractivity contribution in [2.75, 3.05) is 6.54 Å². The first kappa shape index (κ1) is 15.0. The van der Waals surface area contributed by atoms with Crippen molar-refractivity contribution in [3.8, 4) is 5.75 Å². The minimum absolute atomic E-state index is 0.000557. The molecule has 0 spiro atoms. The lowest BCUT2D eigenvalue weighted by Crippen LogP contribution is -2.06. The topological polar surface area (TPSA) is 77.6 Å². The second-order valence-electron chi connectivity index (χ2n) is 3.16. The Morgan fingerprint density at radius 1 is 1.63 bits per heavy atom. The zero-order chi connectivity index (χ0) is 14.3. The quantitative estimate of drug-likeness (QED) is 0.493. The van der Waals surface area contributed by atoms with E-state index in [0.29, 0.717) is 6.29 Å². The van der Waals surface area contributed by atoms with Gasteiger partial charge in [0.25, 0.3) is 0 Å². The van der Waals surface area contributed by atoms with Gasteiger partial charge in [-0.1, -0.05) is 11.6 Å². The molecule has 0 unspecified atom stereocenters. The van der Waals surface area contributed by atoms with E-state index in [9.17, 15) is 13.6 Å². The summed E-state index contributed by atoms with van der Waals surface area (Å²) in [4.78, 5) is 17.6. The van der Waals surface area contributed by atoms with Crippen LogP contribution in [0.1, 0.15) is 5.56 Å². The second-order valence-corrected chi connectivity index (χ2v) is 3.55. The molecule has 102 valence electrons. The Bertz CT molecular complexity index is 507. The predicted molar refractivity (Wildman–Crippen MR) is 67.5 cm³/mol. The number of allylic oxidation sites excluding steroid dienone is 1. The van der Waals surface area contributed by atoms with Gasteiger partial charge in [-0.15, -0.1) is 0 Å². The molecule has 0 fully saturated rings. The molecule has 1 aromatic heterocycles. The van der Waals surface area contributed by atoms with Crippen LogP contribution in [0.15, 0.2) is 23.5 Å². The fraction of sp³-hybridized carbons (Fsp3) is 0.182. The highest BCUT2D eigenvalue weighted by Crippen LogP contribution is 2.27. The molecule has 1 aromatic rings. The number of rotatable bonds is 6. The Morgan fingerprint density at radius 3 is 2.95 bits per heavy atom. The number of aromatic nitrogens is 1. The van der Waals surface area contributed by atoms with Gasteiger partial charge in [-0.25, -0.2) is 4.98 Å². The number of nitrogens with zero attached hydrogens (tertiary/aromatic N) is 2. The number of alkyl halides is 2. The molecule has 8 heteroatoms. The molecule has 0 saturated heterocycles. The maximum atomic E-state index is 12.3. The minimum atomic E-state index is -3.01. The lowest BCUT2D eigenvalue weighted by Gasteiger charge is -2.10. The summed E-state index contributed by atoms with van der Waals surface area (Å²) in [7, 11) is 0. The number of carbonyl (C=O) groups is 1. The number of hydrogen-bond donors (Lipinski definition) is 1. The van der Waals surface area contributed by atoms with E-state index in [1.165, 1.54) is 12.4 Å². The van der Waals surface area contributed by atoms with Crippen LogP contribution in [-0.2, 0) is 4.79 Å². The first-order chi connectivity index (χ1) is 9.08. The summed E-state index contributed by atoms with van der Waals surface area (Å²) in [5, 5.41) is 0.000557. The predicted octanol–water partition coefficient (Wildman–Crippen LogP) is 1.91. The average molecular weight is 290 g/mol. The average Bonchev–Trinajstić information content (AvgIpc) is 2.35. The molecule has 1 rings (SSSR count). The van der Waals surface area contributed by atoms with Crippen LogP contribution in [0, 0.1) is 0 Å². The molecule has 0 bridgehead atoms. The molecule has 0 saturated carbocycles. The summed E-state index contributed by atoms with van der Waals surface area (Å²) in [6, 6.07) is 1.14. The Balaban J connectivity index is 3.12. The van der Waals surface area contributed by atoms with E-state index in [1.54, 1.807) is 0 Å². The number of aldehydes is 1. The Hall–Kier alpha value is -2.02. The number of hydrogen-bond acceptors (Lipinski definition) is 5. The highest BCUT2D eigenvalue weighted by atomic mass is 35.5. The van der Waals surface area contributed by atoms with Crippen molar-refractivity contribution in [1.29, 1.82) is 0 Å². The lowest BCUT2D eigenvalue weighted by molar-refractivity contribution is -0.106. The fourth-order valence-corrected chi connectivity index (χ4v) is 1.37. The third kappa shape index (κ3) is 4.63. The van der Waals surface area contributed by atoms with Crippen LogP contribution in [0.4, 0.5) is 8.78 Å². The fourth-order valence-electron chi connectivity index (χ4n) is 1.22. The number of halogens is 3. The van der Waals surface area contributed by atoms with Crippen molar-refractivity contribution in [3.05, 3.63) is 29.2 Å². The van der Waals surface area contributed by atoms with E-state index in [2.05, 4.69) is 14.7 Å². The van der Waals surface area contributed by atoms with E-state index in [4.69, 9.17) is 17.3 Å². The van der Waals surface area contributed by atoms with Crippen molar-refractivity contribution in [2.24, 2.45) is 10.7 Å². The molecule has 19 heavy (non-hydrogen) atoms. The smallest absolute Gasteiger partial charge is 0.387 e. The van der Waals surface area contributed by atoms with Gasteiger partial charge in [-0.05, 0) is 0 Å². The highest BCUT2D eigenvalue weighted by Gasteiger charge is 2.13. The van der Waals surface area contributed by atoms with Gasteiger partial charge in [-0.3, -0.25) is 4.99 Å². The molecule has 0 atom stereocenters. The second kappa shape index (κ2) is 7.42. The van der Waals surface area contributed by atoms with Crippen LogP contribution < -0.4 is 10.5 Å². The van der Waals surface area contributed by atoms with Crippen molar-refractivity contribution in [1.82, 2.24) is 4.98 Å². The maximum absolute atomic E-state index is 12.3. The summed E-state index contributed by atoms with van der Waals surface area (Å²) < 4.78 is 28.9. The van der Waals surface area contributed by atoms with Crippen molar-refractivity contribution in [3.63, 3.8) is 0 Å². The van der Waals surface area contributed by atoms with Gasteiger partial charge in [-0.2, -0.15) is 8.78 Å². The summed E-state index contributed by atoms with van der Waals surface area (Å²) in [5.41, 5.74) is 5.85. The van der Waals surface area contributed by atoms with Crippen LogP contribution in [0.3, 0.4) is 0 Å². The Kier molecular flexibility index (Phi) is 5.87. The molecule has 0 aliphatic rings. The van der Waals surface area contributed by atoms with Gasteiger partial charge >= 0.3 is 6.61 Å². The van der Waals surface area contributed by atoms with Crippen molar-refractivity contribution >= 4 is 29.7 Å². The zero-order valence-electron chi connectivity index (χ0n) is 9.59. The van der Waals surface area contributed by atoms with Crippen LogP contribution in [0.25, 0.3) is 5.57 Å². The number of pyridine rings is 1. The van der Waals surface area contributed by atoms with Gasteiger partial charge in [0, 0.05) is 35.8 Å². The third-order valence-electron chi connectivity index (χ3n) is 1.95. The zero-order valence-corrected chi connectivity index (χ0v) is 10.3. The van der Waals surface area contributed by atoms with E-state index in [-0.39, 0.29) is 28.6 Å². The number of aliphatic imine (C=N–C) groups is 1. The molecule has 0 radical (unpaired) electrons. The Labute approximate surface area is 112 Å².